The number of hydrogen-bond acceptors (Lipinski definition) is 5. The van der Waals surface area contributed by atoms with E-state index in [1.165, 1.54) is 23.3 Å². The molecule has 1 atom stereocenters. The van der Waals surface area contributed by atoms with Crippen molar-refractivity contribution < 1.29 is 17.9 Å². The number of hydrogen-bond donors (Lipinski definition) is 1. The molecule has 0 saturated carbocycles. The van der Waals surface area contributed by atoms with Gasteiger partial charge in [-0.25, -0.2) is 8.42 Å². The summed E-state index contributed by atoms with van der Waals surface area (Å²) < 4.78 is 28.8. The zero-order chi connectivity index (χ0) is 21.7. The summed E-state index contributed by atoms with van der Waals surface area (Å²) in [6.07, 6.45) is 2.16. The summed E-state index contributed by atoms with van der Waals surface area (Å²) in [6.45, 7) is 6.61. The predicted molar refractivity (Wildman–Crippen MR) is 117 cm³/mol. The van der Waals surface area contributed by atoms with E-state index in [-0.39, 0.29) is 23.5 Å². The molecule has 0 unspecified atom stereocenters. The Morgan fingerprint density at radius 3 is 2.57 bits per heavy atom. The van der Waals surface area contributed by atoms with E-state index in [9.17, 15) is 13.2 Å². The van der Waals surface area contributed by atoms with E-state index in [1.807, 2.05) is 0 Å². The van der Waals surface area contributed by atoms with E-state index in [1.54, 1.807) is 12.1 Å². The first-order chi connectivity index (χ1) is 14.2. The number of fused-ring (bicyclic) bond motifs is 1. The fourth-order valence-electron chi connectivity index (χ4n) is 3.80. The lowest BCUT2D eigenvalue weighted by Crippen LogP contribution is -2.49. The maximum atomic E-state index is 12.3. The molecule has 0 fully saturated rings. The summed E-state index contributed by atoms with van der Waals surface area (Å²) in [4.78, 5) is 14.9. The second-order valence-electron chi connectivity index (χ2n) is 8.14. The number of nitrogens with one attached hydrogen (secondary N) is 1. The van der Waals surface area contributed by atoms with Crippen molar-refractivity contribution in [3.8, 4) is 5.75 Å². The van der Waals surface area contributed by atoms with E-state index >= 15 is 0 Å². The lowest BCUT2D eigenvalue weighted by Gasteiger charge is -2.38. The zero-order valence-electron chi connectivity index (χ0n) is 17.8. The third kappa shape index (κ3) is 5.83. The summed E-state index contributed by atoms with van der Waals surface area (Å²) >= 11 is 0. The first kappa shape index (κ1) is 22.3. The van der Waals surface area contributed by atoms with Gasteiger partial charge in [-0.2, -0.15) is 0 Å². The molecule has 0 bridgehead atoms. The highest BCUT2D eigenvalue weighted by Gasteiger charge is 2.26. The molecule has 1 aliphatic heterocycles. The Morgan fingerprint density at radius 2 is 1.87 bits per heavy atom. The minimum absolute atomic E-state index is 0.152. The molecule has 3 rings (SSSR count). The fourth-order valence-corrected chi connectivity index (χ4v) is 4.46. The molecule has 0 spiro atoms. The van der Waals surface area contributed by atoms with Gasteiger partial charge < -0.3 is 10.1 Å². The second kappa shape index (κ2) is 9.62. The molecule has 2 aromatic carbocycles. The lowest BCUT2D eigenvalue weighted by molar-refractivity contribution is -0.123. The Labute approximate surface area is 179 Å². The van der Waals surface area contributed by atoms with E-state index in [0.717, 1.165) is 25.8 Å². The lowest BCUT2D eigenvalue weighted by atomic mass is 9.95. The summed E-state index contributed by atoms with van der Waals surface area (Å²) in [5, 5.41) is 2.98. The summed E-state index contributed by atoms with van der Waals surface area (Å²) in [5.41, 5.74) is 2.76. The van der Waals surface area contributed by atoms with Crippen molar-refractivity contribution in [3.05, 3.63) is 59.7 Å². The summed E-state index contributed by atoms with van der Waals surface area (Å²) in [7, 11) is -3.31. The molecule has 1 amide bonds. The molecule has 0 aromatic heterocycles. The van der Waals surface area contributed by atoms with Crippen LogP contribution in [0.5, 0.6) is 5.75 Å². The number of nitrogens with zero attached hydrogens (tertiary/aromatic N) is 1. The van der Waals surface area contributed by atoms with Gasteiger partial charge in [-0.05, 0) is 41.7 Å². The Hall–Kier alpha value is -2.38. The number of carbonyl (C=O) groups is 1. The average molecular weight is 431 g/mol. The van der Waals surface area contributed by atoms with Gasteiger partial charge in [0, 0.05) is 31.9 Å². The minimum Gasteiger partial charge on any atom is -0.484 e. The van der Waals surface area contributed by atoms with E-state index in [2.05, 4.69) is 48.3 Å². The SMILES string of the molecule is CC(C)[C@H](CNC(=O)COc1cccc(S(C)(=O)=O)c1)N1CCc2ccccc2C1. The first-order valence-electron chi connectivity index (χ1n) is 10.2. The fraction of sp³-hybridized carbons (Fsp3) is 0.435. The smallest absolute Gasteiger partial charge is 0.257 e. The molecule has 7 heteroatoms. The van der Waals surface area contributed by atoms with Crippen molar-refractivity contribution in [1.82, 2.24) is 10.2 Å². The molecule has 0 saturated heterocycles. The van der Waals surface area contributed by atoms with E-state index in [4.69, 9.17) is 4.74 Å². The van der Waals surface area contributed by atoms with Crippen LogP contribution in [0, 0.1) is 5.92 Å². The van der Waals surface area contributed by atoms with Crippen LogP contribution in [0.1, 0.15) is 25.0 Å². The standard InChI is InChI=1S/C23H30N2O4S/c1-17(2)22(25-12-11-18-7-4-5-8-19(18)15-25)14-24-23(26)16-29-20-9-6-10-21(13-20)30(3,27)28/h4-10,13,17,22H,11-12,14-16H2,1-3H3,(H,24,26)/t22-/m0/s1. The quantitative estimate of drug-likeness (QED) is 0.697. The maximum absolute atomic E-state index is 12.3. The average Bonchev–Trinajstić information content (AvgIpc) is 2.71. The summed E-state index contributed by atoms with van der Waals surface area (Å²) in [5.74, 6) is 0.534. The molecule has 0 aliphatic carbocycles. The van der Waals surface area contributed by atoms with Gasteiger partial charge in [0.25, 0.3) is 5.91 Å². The van der Waals surface area contributed by atoms with Crippen LogP contribution in [-0.2, 0) is 27.6 Å². The largest absolute Gasteiger partial charge is 0.484 e. The van der Waals surface area contributed by atoms with Crippen LogP contribution in [0.4, 0.5) is 0 Å². The molecule has 30 heavy (non-hydrogen) atoms. The van der Waals surface area contributed by atoms with Crippen LogP contribution in [0.25, 0.3) is 0 Å². The molecule has 1 N–H and O–H groups in total. The van der Waals surface area contributed by atoms with E-state index < -0.39 is 9.84 Å². The van der Waals surface area contributed by atoms with Gasteiger partial charge in [0.1, 0.15) is 5.75 Å². The molecule has 0 radical (unpaired) electrons. The highest BCUT2D eigenvalue weighted by atomic mass is 32.2. The van der Waals surface area contributed by atoms with Crippen LogP contribution in [0.3, 0.4) is 0 Å². The van der Waals surface area contributed by atoms with Gasteiger partial charge in [-0.3, -0.25) is 9.69 Å². The number of sulfone groups is 1. The maximum Gasteiger partial charge on any atom is 0.257 e. The van der Waals surface area contributed by atoms with E-state index in [0.29, 0.717) is 18.2 Å². The molecular weight excluding hydrogens is 400 g/mol. The molecule has 162 valence electrons. The molecule has 2 aromatic rings. The van der Waals surface area contributed by atoms with Crippen molar-refractivity contribution in [2.45, 2.75) is 37.8 Å². The van der Waals surface area contributed by atoms with Crippen molar-refractivity contribution in [1.29, 1.82) is 0 Å². The molecular formula is C23H30N2O4S. The second-order valence-corrected chi connectivity index (χ2v) is 10.2. The minimum atomic E-state index is -3.31. The Bertz CT molecular complexity index is 988. The molecule has 1 aliphatic rings. The van der Waals surface area contributed by atoms with Crippen LogP contribution in [0.2, 0.25) is 0 Å². The normalized spacial score (nSPS) is 15.5. The van der Waals surface area contributed by atoms with Gasteiger partial charge in [0.15, 0.2) is 16.4 Å². The van der Waals surface area contributed by atoms with Gasteiger partial charge in [-0.15, -0.1) is 0 Å². The number of rotatable bonds is 8. The highest BCUT2D eigenvalue weighted by molar-refractivity contribution is 7.90. The number of benzene rings is 2. The van der Waals surface area contributed by atoms with Crippen molar-refractivity contribution in [2.24, 2.45) is 5.92 Å². The Morgan fingerprint density at radius 1 is 1.13 bits per heavy atom. The third-order valence-electron chi connectivity index (χ3n) is 5.51. The van der Waals surface area contributed by atoms with Crippen LogP contribution >= 0.6 is 0 Å². The van der Waals surface area contributed by atoms with Gasteiger partial charge in [-0.1, -0.05) is 44.2 Å². The third-order valence-corrected chi connectivity index (χ3v) is 6.62. The van der Waals surface area contributed by atoms with Gasteiger partial charge >= 0.3 is 0 Å². The van der Waals surface area contributed by atoms with Gasteiger partial charge in [0.2, 0.25) is 0 Å². The molecule has 1 heterocycles. The number of ether oxygens (including phenoxy) is 1. The van der Waals surface area contributed by atoms with Crippen molar-refractivity contribution in [3.63, 3.8) is 0 Å². The Balaban J connectivity index is 1.54. The zero-order valence-corrected chi connectivity index (χ0v) is 18.6. The molecule has 6 nitrogen and oxygen atoms in total. The monoisotopic (exact) mass is 430 g/mol. The first-order valence-corrected chi connectivity index (χ1v) is 12.1. The van der Waals surface area contributed by atoms with Crippen molar-refractivity contribution >= 4 is 15.7 Å². The Kier molecular flexibility index (Phi) is 7.15. The van der Waals surface area contributed by atoms with Crippen LogP contribution < -0.4 is 10.1 Å². The summed E-state index contributed by atoms with van der Waals surface area (Å²) in [6, 6.07) is 14.9. The number of amides is 1. The van der Waals surface area contributed by atoms with Crippen LogP contribution in [-0.4, -0.2) is 51.2 Å². The van der Waals surface area contributed by atoms with Crippen molar-refractivity contribution in [2.75, 3.05) is 26.0 Å². The highest BCUT2D eigenvalue weighted by Crippen LogP contribution is 2.23. The van der Waals surface area contributed by atoms with Crippen LogP contribution in [0.15, 0.2) is 53.4 Å². The number of carbonyl (C=O) groups excluding carboxylic acids is 1. The topological polar surface area (TPSA) is 75.7 Å². The van der Waals surface area contributed by atoms with Gasteiger partial charge in [0.05, 0.1) is 4.90 Å². The predicted octanol–water partition coefficient (Wildman–Crippen LogP) is 2.67.